The van der Waals surface area contributed by atoms with E-state index in [2.05, 4.69) is 4.72 Å². The van der Waals surface area contributed by atoms with Crippen molar-refractivity contribution >= 4 is 21.6 Å². The molecule has 5 heteroatoms. The van der Waals surface area contributed by atoms with E-state index in [1.807, 2.05) is 19.1 Å². The summed E-state index contributed by atoms with van der Waals surface area (Å²) in [5, 5.41) is 0.612. The van der Waals surface area contributed by atoms with E-state index in [9.17, 15) is 8.42 Å². The predicted octanol–water partition coefficient (Wildman–Crippen LogP) is 2.34. The molecule has 0 aliphatic heterocycles. The van der Waals surface area contributed by atoms with Gasteiger partial charge in [0.1, 0.15) is 0 Å². The molecule has 0 heterocycles. The molecule has 0 amide bonds. The quantitative estimate of drug-likeness (QED) is 0.888. The number of rotatable bonds is 4. The molecule has 84 valence electrons. The Kier molecular flexibility index (Phi) is 4.13. The Morgan fingerprint density at radius 1 is 1.47 bits per heavy atom. The Balaban J connectivity index is 2.93. The molecule has 1 aromatic carbocycles. The van der Waals surface area contributed by atoms with Crippen LogP contribution in [0, 0.1) is 0 Å². The Morgan fingerprint density at radius 2 is 2.13 bits per heavy atom. The van der Waals surface area contributed by atoms with Crippen molar-refractivity contribution in [3.8, 4) is 0 Å². The first-order chi connectivity index (χ1) is 6.92. The fourth-order valence-corrected chi connectivity index (χ4v) is 2.39. The fraction of sp³-hybridized carbons (Fsp3) is 0.400. The van der Waals surface area contributed by atoms with Gasteiger partial charge in [-0.15, -0.1) is 0 Å². The van der Waals surface area contributed by atoms with E-state index in [0.717, 1.165) is 11.8 Å². The molecule has 0 radical (unpaired) electrons. The van der Waals surface area contributed by atoms with Gasteiger partial charge in [0, 0.05) is 11.1 Å². The van der Waals surface area contributed by atoms with Gasteiger partial charge in [-0.3, -0.25) is 0 Å². The average molecular weight is 248 g/mol. The highest BCUT2D eigenvalue weighted by Gasteiger charge is 2.13. The van der Waals surface area contributed by atoms with Crippen LogP contribution in [0.15, 0.2) is 24.3 Å². The first-order valence-corrected chi connectivity index (χ1v) is 6.92. The summed E-state index contributed by atoms with van der Waals surface area (Å²) in [4.78, 5) is 0. The van der Waals surface area contributed by atoms with Gasteiger partial charge in [-0.2, -0.15) is 0 Å². The number of hydrogen-bond donors (Lipinski definition) is 1. The summed E-state index contributed by atoms with van der Waals surface area (Å²) in [6, 6.07) is 6.99. The van der Waals surface area contributed by atoms with Crippen LogP contribution < -0.4 is 4.72 Å². The average Bonchev–Trinajstić information content (AvgIpc) is 2.13. The van der Waals surface area contributed by atoms with Crippen molar-refractivity contribution < 1.29 is 8.42 Å². The maximum atomic E-state index is 11.1. The molecule has 0 aliphatic carbocycles. The Labute approximate surface area is 95.5 Å². The molecule has 0 spiro atoms. The zero-order valence-corrected chi connectivity index (χ0v) is 10.3. The minimum absolute atomic E-state index is 0.210. The minimum atomic E-state index is -3.19. The summed E-state index contributed by atoms with van der Waals surface area (Å²) in [5.41, 5.74) is 0.885. The molecule has 1 unspecified atom stereocenters. The van der Waals surface area contributed by atoms with Gasteiger partial charge >= 0.3 is 0 Å². The number of nitrogens with one attached hydrogen (secondary N) is 1. The Hall–Kier alpha value is -0.580. The summed E-state index contributed by atoms with van der Waals surface area (Å²) in [6.07, 6.45) is 1.84. The van der Waals surface area contributed by atoms with Crippen LogP contribution in [-0.2, 0) is 10.0 Å². The van der Waals surface area contributed by atoms with E-state index in [0.29, 0.717) is 11.4 Å². The molecule has 1 N–H and O–H groups in total. The Bertz CT molecular complexity index is 431. The molecule has 1 aromatic rings. The summed E-state index contributed by atoms with van der Waals surface area (Å²) in [7, 11) is -3.19. The van der Waals surface area contributed by atoms with Crippen molar-refractivity contribution in [1.29, 1.82) is 0 Å². The molecule has 1 atom stereocenters. The van der Waals surface area contributed by atoms with Gasteiger partial charge < -0.3 is 0 Å². The maximum Gasteiger partial charge on any atom is 0.209 e. The maximum absolute atomic E-state index is 11.1. The smallest absolute Gasteiger partial charge is 0.209 e. The van der Waals surface area contributed by atoms with Crippen LogP contribution in [0.1, 0.15) is 24.9 Å². The van der Waals surface area contributed by atoms with E-state index in [1.165, 1.54) is 0 Å². The molecule has 0 bridgehead atoms. The summed E-state index contributed by atoms with van der Waals surface area (Å²) in [5.74, 6) is 0. The van der Waals surface area contributed by atoms with Crippen LogP contribution in [-0.4, -0.2) is 14.7 Å². The third kappa shape index (κ3) is 4.20. The van der Waals surface area contributed by atoms with Crippen molar-refractivity contribution in [2.45, 2.75) is 19.4 Å². The van der Waals surface area contributed by atoms with Crippen LogP contribution >= 0.6 is 11.6 Å². The highest BCUT2D eigenvalue weighted by atomic mass is 35.5. The molecule has 0 fully saturated rings. The lowest BCUT2D eigenvalue weighted by Crippen LogP contribution is -2.26. The van der Waals surface area contributed by atoms with Gasteiger partial charge in [-0.1, -0.05) is 30.7 Å². The highest BCUT2D eigenvalue weighted by Crippen LogP contribution is 2.20. The largest absolute Gasteiger partial charge is 0.213 e. The van der Waals surface area contributed by atoms with Crippen LogP contribution in [0.4, 0.5) is 0 Å². The normalized spacial score (nSPS) is 13.8. The number of hydrogen-bond acceptors (Lipinski definition) is 2. The van der Waals surface area contributed by atoms with Crippen molar-refractivity contribution in [3.63, 3.8) is 0 Å². The second kappa shape index (κ2) is 4.96. The van der Waals surface area contributed by atoms with Gasteiger partial charge in [0.2, 0.25) is 10.0 Å². The third-order valence-electron chi connectivity index (χ3n) is 2.02. The summed E-state index contributed by atoms with van der Waals surface area (Å²) < 4.78 is 24.8. The second-order valence-electron chi connectivity index (χ2n) is 3.41. The van der Waals surface area contributed by atoms with E-state index >= 15 is 0 Å². The number of sulfonamides is 1. The zero-order valence-electron chi connectivity index (χ0n) is 8.70. The summed E-state index contributed by atoms with van der Waals surface area (Å²) >= 11 is 5.84. The molecule has 0 saturated carbocycles. The fourth-order valence-electron chi connectivity index (χ4n) is 1.37. The standard InChI is InChI=1S/C10H14ClNO2S/c1-3-10(12-15(2,13)14)8-5-4-6-9(11)7-8/h4-7,10,12H,3H2,1-2H3. The van der Waals surface area contributed by atoms with E-state index < -0.39 is 10.0 Å². The molecule has 15 heavy (non-hydrogen) atoms. The third-order valence-corrected chi connectivity index (χ3v) is 2.96. The predicted molar refractivity (Wildman–Crippen MR) is 62.5 cm³/mol. The van der Waals surface area contributed by atoms with Gasteiger partial charge in [-0.25, -0.2) is 13.1 Å². The molecule has 1 rings (SSSR count). The number of halogens is 1. The lowest BCUT2D eigenvalue weighted by Gasteiger charge is -2.15. The van der Waals surface area contributed by atoms with Gasteiger partial charge in [0.05, 0.1) is 6.26 Å². The first kappa shape index (κ1) is 12.5. The monoisotopic (exact) mass is 247 g/mol. The SMILES string of the molecule is CCC(NS(C)(=O)=O)c1cccc(Cl)c1. The van der Waals surface area contributed by atoms with Crippen molar-refractivity contribution in [2.75, 3.05) is 6.26 Å². The van der Waals surface area contributed by atoms with E-state index in [1.54, 1.807) is 12.1 Å². The highest BCUT2D eigenvalue weighted by molar-refractivity contribution is 7.88. The van der Waals surface area contributed by atoms with Gasteiger partial charge in [0.15, 0.2) is 0 Å². The van der Waals surface area contributed by atoms with Gasteiger partial charge in [0.25, 0.3) is 0 Å². The van der Waals surface area contributed by atoms with E-state index in [4.69, 9.17) is 11.6 Å². The van der Waals surface area contributed by atoms with Crippen LogP contribution in [0.5, 0.6) is 0 Å². The lowest BCUT2D eigenvalue weighted by molar-refractivity contribution is 0.555. The van der Waals surface area contributed by atoms with Crippen LogP contribution in [0.3, 0.4) is 0 Å². The van der Waals surface area contributed by atoms with Crippen molar-refractivity contribution in [2.24, 2.45) is 0 Å². The second-order valence-corrected chi connectivity index (χ2v) is 5.62. The lowest BCUT2D eigenvalue weighted by atomic mass is 10.1. The van der Waals surface area contributed by atoms with Crippen molar-refractivity contribution in [3.05, 3.63) is 34.9 Å². The molecule has 0 aliphatic rings. The van der Waals surface area contributed by atoms with Crippen LogP contribution in [0.25, 0.3) is 0 Å². The Morgan fingerprint density at radius 3 is 2.60 bits per heavy atom. The van der Waals surface area contributed by atoms with Crippen LogP contribution in [0.2, 0.25) is 5.02 Å². The topological polar surface area (TPSA) is 46.2 Å². The molecule has 0 saturated heterocycles. The van der Waals surface area contributed by atoms with Crippen molar-refractivity contribution in [1.82, 2.24) is 4.72 Å². The number of benzene rings is 1. The molecular weight excluding hydrogens is 234 g/mol. The molecule has 0 aromatic heterocycles. The first-order valence-electron chi connectivity index (χ1n) is 4.65. The summed E-state index contributed by atoms with van der Waals surface area (Å²) in [6.45, 7) is 1.92. The van der Waals surface area contributed by atoms with E-state index in [-0.39, 0.29) is 6.04 Å². The zero-order chi connectivity index (χ0) is 11.5. The molecule has 3 nitrogen and oxygen atoms in total. The molecular formula is C10H14ClNO2S. The minimum Gasteiger partial charge on any atom is -0.213 e. The van der Waals surface area contributed by atoms with Gasteiger partial charge in [-0.05, 0) is 24.1 Å².